The van der Waals surface area contributed by atoms with Crippen molar-refractivity contribution in [3.05, 3.63) is 0 Å². The molecule has 0 heterocycles. The van der Waals surface area contributed by atoms with Crippen LogP contribution >= 0.6 is 8.81 Å². The number of nitrogens with zero attached hydrogens (tertiary/aromatic N) is 1. The molecule has 0 N–H and O–H groups in total. The van der Waals surface area contributed by atoms with Crippen LogP contribution in [0.15, 0.2) is 0 Å². The van der Waals surface area contributed by atoms with Gasteiger partial charge in [-0.3, -0.25) is 9.59 Å². The molecule has 5 heteroatoms. The van der Waals surface area contributed by atoms with Crippen molar-refractivity contribution < 1.29 is 18.6 Å². The fourth-order valence-corrected chi connectivity index (χ4v) is 5.51. The molecule has 0 spiro atoms. The van der Waals surface area contributed by atoms with Crippen LogP contribution in [-0.2, 0) is 14.1 Å². The second kappa shape index (κ2) is 22.7. The molecule has 0 radical (unpaired) electrons. The molecule has 0 unspecified atom stereocenters. The van der Waals surface area contributed by atoms with Crippen molar-refractivity contribution in [1.82, 2.24) is 0 Å². The summed E-state index contributed by atoms with van der Waals surface area (Å²) >= 11 is 0. The third-order valence-electron chi connectivity index (χ3n) is 6.96. The van der Waals surface area contributed by atoms with Crippen molar-refractivity contribution in [3.8, 4) is 0 Å². The Labute approximate surface area is 227 Å². The van der Waals surface area contributed by atoms with Gasteiger partial charge in [0, 0.05) is 12.8 Å². The van der Waals surface area contributed by atoms with Gasteiger partial charge < -0.3 is 17.8 Å². The third-order valence-corrected chi connectivity index (χ3v) is 7.66. The van der Waals surface area contributed by atoms with Gasteiger partial charge in [0.05, 0.1) is 21.1 Å². The zero-order valence-corrected chi connectivity index (χ0v) is 26.1. The van der Waals surface area contributed by atoms with E-state index in [2.05, 4.69) is 35.0 Å². The Bertz CT molecular complexity index is 510. The molecule has 0 aliphatic carbocycles. The normalized spacial score (nSPS) is 12.6. The number of ketones is 2. The van der Waals surface area contributed by atoms with E-state index >= 15 is 0 Å². The predicted molar refractivity (Wildman–Crippen MR) is 158 cm³/mol. The van der Waals surface area contributed by atoms with Gasteiger partial charge in [0.25, 0.3) is 0 Å². The number of quaternary nitrogens is 1. The number of carbonyl (C=O) groups is 2. The van der Waals surface area contributed by atoms with E-state index in [0.29, 0.717) is 23.9 Å². The van der Waals surface area contributed by atoms with Gasteiger partial charge in [-0.2, -0.15) is 6.16 Å². The molecule has 0 aliphatic rings. The van der Waals surface area contributed by atoms with Crippen LogP contribution in [0.5, 0.6) is 0 Å². The Morgan fingerprint density at radius 2 is 0.917 bits per heavy atom. The van der Waals surface area contributed by atoms with Gasteiger partial charge in [0.2, 0.25) is 5.60 Å². The molecule has 36 heavy (non-hydrogen) atoms. The van der Waals surface area contributed by atoms with E-state index in [1.807, 2.05) is 6.92 Å². The summed E-state index contributed by atoms with van der Waals surface area (Å²) in [6.07, 6.45) is 23.6. The molecule has 0 rings (SSSR count). The third kappa shape index (κ3) is 18.0. The van der Waals surface area contributed by atoms with Crippen LogP contribution in [0.2, 0.25) is 0 Å². The first-order valence-corrected chi connectivity index (χ1v) is 16.4. The maximum Gasteiger partial charge on any atom is 0.205 e. The smallest absolute Gasteiger partial charge is 0.205 e. The minimum Gasteiger partial charge on any atom is -0.538 e. The molecular formula is C31H62NO3P. The number of hydrogen-bond donors (Lipinski definition) is 0. The number of unbranched alkanes of at least 4 members (excludes halogenated alkanes) is 16. The number of Topliss-reactive ketones (excluding diaryl/α,β-unsaturated/α-hetero) is 2. The van der Waals surface area contributed by atoms with Crippen molar-refractivity contribution in [2.75, 3.05) is 33.8 Å². The van der Waals surface area contributed by atoms with E-state index in [-0.39, 0.29) is 11.6 Å². The first kappa shape index (κ1) is 35.7. The predicted octanol–water partition coefficient (Wildman–Crippen LogP) is 9.31. The number of likely N-dealkylation sites (N-methyl/N-ethyl adjacent to an activating group) is 1. The second-order valence-electron chi connectivity index (χ2n) is 11.8. The van der Waals surface area contributed by atoms with Crippen LogP contribution in [0.4, 0.5) is 0 Å². The highest BCUT2D eigenvalue weighted by molar-refractivity contribution is 7.32. The van der Waals surface area contributed by atoms with Gasteiger partial charge in [-0.15, -0.1) is 0 Å². The number of rotatable bonds is 27. The zero-order valence-electron chi connectivity index (χ0n) is 25.2. The Hall–Kier alpha value is -0.310. The molecular weight excluding hydrogens is 465 g/mol. The quantitative estimate of drug-likeness (QED) is 0.0462. The lowest BCUT2D eigenvalue weighted by molar-refractivity contribution is -0.874. The van der Waals surface area contributed by atoms with Crippen molar-refractivity contribution in [2.24, 2.45) is 0 Å². The minimum atomic E-state index is -1.28. The van der Waals surface area contributed by atoms with Crippen LogP contribution in [0.1, 0.15) is 149 Å². The van der Waals surface area contributed by atoms with E-state index in [4.69, 9.17) is 4.52 Å². The van der Waals surface area contributed by atoms with E-state index in [1.165, 1.54) is 89.9 Å². The largest absolute Gasteiger partial charge is 0.538 e. The van der Waals surface area contributed by atoms with Crippen molar-refractivity contribution in [3.63, 3.8) is 0 Å². The minimum absolute atomic E-state index is 0.0142. The van der Waals surface area contributed by atoms with Gasteiger partial charge in [0.1, 0.15) is 6.54 Å². The lowest BCUT2D eigenvalue weighted by atomic mass is 9.86. The average Bonchev–Trinajstić information content (AvgIpc) is 2.83. The van der Waals surface area contributed by atoms with Gasteiger partial charge >= 0.3 is 0 Å². The molecule has 0 atom stereocenters. The lowest BCUT2D eigenvalue weighted by Gasteiger charge is -2.42. The first-order valence-electron chi connectivity index (χ1n) is 15.5. The zero-order chi connectivity index (χ0) is 27.1. The van der Waals surface area contributed by atoms with Crippen molar-refractivity contribution >= 4 is 20.4 Å². The Balaban J connectivity index is 4.79. The lowest BCUT2D eigenvalue weighted by Crippen LogP contribution is -2.59. The van der Waals surface area contributed by atoms with Crippen molar-refractivity contribution in [2.45, 2.75) is 155 Å². The maximum atomic E-state index is 13.6. The van der Waals surface area contributed by atoms with E-state index in [9.17, 15) is 9.59 Å². The second-order valence-corrected chi connectivity index (χ2v) is 12.9. The molecule has 0 aromatic heterocycles. The molecule has 0 bridgehead atoms. The molecule has 0 saturated heterocycles. The Kier molecular flexibility index (Phi) is 22.5. The molecule has 0 amide bonds. The summed E-state index contributed by atoms with van der Waals surface area (Å²) < 4.78 is 6.75. The van der Waals surface area contributed by atoms with Crippen LogP contribution in [0, 0.1) is 0 Å². The summed E-state index contributed by atoms with van der Waals surface area (Å²) in [6.45, 7) is 6.96. The fourth-order valence-electron chi connectivity index (χ4n) is 4.90. The highest BCUT2D eigenvalue weighted by atomic mass is 31.1. The van der Waals surface area contributed by atoms with Gasteiger partial charge in [0.15, 0.2) is 11.6 Å². The monoisotopic (exact) mass is 527 g/mol. The molecule has 0 aromatic carbocycles. The van der Waals surface area contributed by atoms with Gasteiger partial charge in [-0.1, -0.05) is 124 Å². The summed E-state index contributed by atoms with van der Waals surface area (Å²) in [4.78, 5) is 27.2. The van der Waals surface area contributed by atoms with Crippen LogP contribution in [-0.4, -0.2) is 55.5 Å². The van der Waals surface area contributed by atoms with E-state index < -0.39 is 5.60 Å². The Morgan fingerprint density at radius 1 is 0.583 bits per heavy atom. The topological polar surface area (TPSA) is 43.4 Å². The number of hydrogen-bond acceptors (Lipinski definition) is 3. The molecule has 0 saturated carbocycles. The molecule has 4 nitrogen and oxygen atoms in total. The van der Waals surface area contributed by atoms with Gasteiger partial charge in [-0.25, -0.2) is 0 Å². The van der Waals surface area contributed by atoms with Crippen LogP contribution in [0.25, 0.3) is 0 Å². The van der Waals surface area contributed by atoms with Crippen LogP contribution in [0.3, 0.4) is 0 Å². The molecule has 214 valence electrons. The highest BCUT2D eigenvalue weighted by Crippen LogP contribution is 2.31. The standard InChI is InChI=1S/C31H62NO3P/c1-7-10-12-14-16-18-20-22-24-26-29(33)31(35-36-9-3,28-32(4,5)6)30(34)27-25-23-21-19-17-15-13-11-8-2/h7-28H2,1-6H3. The SMILES string of the molecule is CCCCCCCCCCCC(=O)C(C[N+](C)(C)C)(O[P-]CC)C(=O)CCCCCCCCCCC. The molecule has 0 aliphatic heterocycles. The maximum absolute atomic E-state index is 13.6. The average molecular weight is 528 g/mol. The Morgan fingerprint density at radius 3 is 1.22 bits per heavy atom. The highest BCUT2D eigenvalue weighted by Gasteiger charge is 2.46. The van der Waals surface area contributed by atoms with Crippen molar-refractivity contribution in [1.29, 1.82) is 0 Å². The van der Waals surface area contributed by atoms with Gasteiger partial charge in [-0.05, 0) is 12.8 Å². The summed E-state index contributed by atoms with van der Waals surface area (Å²) in [5, 5.41) is 0. The first-order chi connectivity index (χ1) is 17.2. The summed E-state index contributed by atoms with van der Waals surface area (Å²) in [6, 6.07) is 0. The summed E-state index contributed by atoms with van der Waals surface area (Å²) in [7, 11) is 6.90. The van der Waals surface area contributed by atoms with Crippen LogP contribution < -0.4 is 0 Å². The summed E-state index contributed by atoms with van der Waals surface area (Å²) in [5.41, 5.74) is -1.28. The van der Waals surface area contributed by atoms with E-state index in [1.54, 1.807) is 0 Å². The fraction of sp³-hybridized carbons (Fsp3) is 0.935. The number of carbonyl (C=O) groups excluding carboxylic acids is 2. The summed E-state index contributed by atoms with van der Waals surface area (Å²) in [5.74, 6) is 0.0285. The molecule has 0 fully saturated rings. The van der Waals surface area contributed by atoms with E-state index in [0.717, 1.165) is 40.7 Å². The molecule has 0 aromatic rings.